The zero-order chi connectivity index (χ0) is 14.5. The van der Waals surface area contributed by atoms with E-state index in [1.165, 1.54) is 4.68 Å². The Morgan fingerprint density at radius 3 is 2.79 bits per heavy atom. The predicted molar refractivity (Wildman–Crippen MR) is 55.4 cm³/mol. The Morgan fingerprint density at radius 2 is 2.21 bits per heavy atom. The van der Waals surface area contributed by atoms with Gasteiger partial charge in [-0.2, -0.15) is 13.2 Å². The average molecular weight is 282 g/mol. The zero-order valence-electron chi connectivity index (χ0n) is 10.1. The fourth-order valence-corrected chi connectivity index (χ4v) is 1.41. The van der Waals surface area contributed by atoms with Gasteiger partial charge < -0.3 is 9.84 Å². The third kappa shape index (κ3) is 5.64. The molecule has 0 aliphatic carbocycles. The number of aliphatic carboxylic acids is 1. The van der Waals surface area contributed by atoms with E-state index in [0.717, 1.165) is 0 Å². The third-order valence-electron chi connectivity index (χ3n) is 2.18. The van der Waals surface area contributed by atoms with Crippen LogP contribution < -0.4 is 0 Å². The average Bonchev–Trinajstić information content (AvgIpc) is 2.70. The van der Waals surface area contributed by atoms with E-state index in [4.69, 9.17) is 5.11 Å². The summed E-state index contributed by atoms with van der Waals surface area (Å²) in [7, 11) is 0. The van der Waals surface area contributed by atoms with Crippen molar-refractivity contribution in [3.05, 3.63) is 5.82 Å². The standard InChI is InChI=1S/C9H13F3N4O3/c1-6(4-8(17)18)16-7(13-14-15-16)2-3-19-5-9(10,11)12/h6H,2-5H2,1H3,(H,17,18). The highest BCUT2D eigenvalue weighted by molar-refractivity contribution is 5.67. The highest BCUT2D eigenvalue weighted by Gasteiger charge is 2.27. The van der Waals surface area contributed by atoms with Crippen molar-refractivity contribution in [1.29, 1.82) is 0 Å². The van der Waals surface area contributed by atoms with E-state index in [1.807, 2.05) is 0 Å². The van der Waals surface area contributed by atoms with Crippen molar-refractivity contribution in [2.24, 2.45) is 0 Å². The summed E-state index contributed by atoms with van der Waals surface area (Å²) in [5.74, 6) is -0.724. The van der Waals surface area contributed by atoms with Crippen molar-refractivity contribution in [3.8, 4) is 0 Å². The zero-order valence-corrected chi connectivity index (χ0v) is 10.1. The van der Waals surface area contributed by atoms with Crippen LogP contribution in [0.5, 0.6) is 0 Å². The second kappa shape index (κ2) is 6.45. The Morgan fingerprint density at radius 1 is 1.53 bits per heavy atom. The molecule has 0 aliphatic rings. The maximum Gasteiger partial charge on any atom is 0.411 e. The number of hydrogen-bond donors (Lipinski definition) is 1. The quantitative estimate of drug-likeness (QED) is 0.745. The second-order valence-corrected chi connectivity index (χ2v) is 3.90. The minimum absolute atomic E-state index is 0.0764. The minimum atomic E-state index is -4.37. The van der Waals surface area contributed by atoms with Crippen molar-refractivity contribution in [2.45, 2.75) is 32.0 Å². The van der Waals surface area contributed by atoms with Crippen LogP contribution in [-0.4, -0.2) is 50.7 Å². The van der Waals surface area contributed by atoms with Crippen molar-refractivity contribution in [3.63, 3.8) is 0 Å². The Labute approximate surface area is 106 Å². The molecule has 1 rings (SSSR count). The Kier molecular flexibility index (Phi) is 5.21. The van der Waals surface area contributed by atoms with Crippen LogP contribution in [0.1, 0.15) is 25.2 Å². The van der Waals surface area contributed by atoms with E-state index in [-0.39, 0.29) is 25.3 Å². The normalized spacial score (nSPS) is 13.5. The Balaban J connectivity index is 2.47. The number of halogens is 3. The number of alkyl halides is 3. The molecular weight excluding hydrogens is 269 g/mol. The molecule has 0 saturated heterocycles. The van der Waals surface area contributed by atoms with E-state index < -0.39 is 24.8 Å². The van der Waals surface area contributed by atoms with Gasteiger partial charge in [-0.3, -0.25) is 4.79 Å². The number of nitrogens with zero attached hydrogens (tertiary/aromatic N) is 4. The molecule has 0 spiro atoms. The second-order valence-electron chi connectivity index (χ2n) is 3.90. The molecule has 7 nitrogen and oxygen atoms in total. The minimum Gasteiger partial charge on any atom is -0.481 e. The van der Waals surface area contributed by atoms with E-state index in [1.54, 1.807) is 6.92 Å². The molecule has 1 aromatic rings. The summed E-state index contributed by atoms with van der Waals surface area (Å²) in [6, 6.07) is -0.481. The number of carboxylic acids is 1. The van der Waals surface area contributed by atoms with Crippen LogP contribution in [-0.2, 0) is 16.0 Å². The monoisotopic (exact) mass is 282 g/mol. The molecule has 0 amide bonds. The first-order valence-corrected chi connectivity index (χ1v) is 5.42. The number of ether oxygens (including phenoxy) is 1. The van der Waals surface area contributed by atoms with Crippen molar-refractivity contribution >= 4 is 5.97 Å². The van der Waals surface area contributed by atoms with E-state index in [0.29, 0.717) is 0 Å². The fraction of sp³-hybridized carbons (Fsp3) is 0.778. The lowest BCUT2D eigenvalue weighted by Gasteiger charge is -2.11. The molecule has 10 heteroatoms. The van der Waals surface area contributed by atoms with Gasteiger partial charge in [0, 0.05) is 6.42 Å². The van der Waals surface area contributed by atoms with Crippen LogP contribution in [0.25, 0.3) is 0 Å². The molecule has 1 heterocycles. The number of tetrazole rings is 1. The van der Waals surface area contributed by atoms with E-state index in [2.05, 4.69) is 20.3 Å². The van der Waals surface area contributed by atoms with Crippen LogP contribution in [0, 0.1) is 0 Å². The van der Waals surface area contributed by atoms with Crippen LogP contribution in [0.2, 0.25) is 0 Å². The highest BCUT2D eigenvalue weighted by atomic mass is 19.4. The highest BCUT2D eigenvalue weighted by Crippen LogP contribution is 2.15. The van der Waals surface area contributed by atoms with Gasteiger partial charge in [0.1, 0.15) is 6.61 Å². The lowest BCUT2D eigenvalue weighted by atomic mass is 10.2. The molecule has 1 aromatic heterocycles. The first kappa shape index (κ1) is 15.3. The van der Waals surface area contributed by atoms with E-state index >= 15 is 0 Å². The smallest absolute Gasteiger partial charge is 0.411 e. The summed E-state index contributed by atoms with van der Waals surface area (Å²) in [6.45, 7) is 0.0729. The number of carboxylic acid groups (broad SMARTS) is 1. The number of rotatable bonds is 7. The van der Waals surface area contributed by atoms with Gasteiger partial charge in [-0.1, -0.05) is 0 Å². The van der Waals surface area contributed by atoms with E-state index in [9.17, 15) is 18.0 Å². The van der Waals surface area contributed by atoms with Gasteiger partial charge in [-0.05, 0) is 17.4 Å². The summed E-state index contributed by atoms with van der Waals surface area (Å²) >= 11 is 0. The first-order chi connectivity index (χ1) is 8.79. The number of aromatic nitrogens is 4. The molecular formula is C9H13F3N4O3. The lowest BCUT2D eigenvalue weighted by molar-refractivity contribution is -0.173. The summed E-state index contributed by atoms with van der Waals surface area (Å²) in [6.07, 6.45) is -4.48. The largest absolute Gasteiger partial charge is 0.481 e. The Hall–Kier alpha value is -1.71. The summed E-state index contributed by atoms with van der Waals surface area (Å²) in [5.41, 5.74) is 0. The number of carbonyl (C=O) groups is 1. The summed E-state index contributed by atoms with van der Waals surface area (Å²) in [4.78, 5) is 10.6. The maximum absolute atomic E-state index is 11.8. The molecule has 1 unspecified atom stereocenters. The molecule has 0 aromatic carbocycles. The SMILES string of the molecule is CC(CC(=O)O)n1nnnc1CCOCC(F)(F)F. The van der Waals surface area contributed by atoms with Gasteiger partial charge in [-0.15, -0.1) is 5.10 Å². The molecule has 0 aliphatic heterocycles. The van der Waals surface area contributed by atoms with Gasteiger partial charge in [0.2, 0.25) is 0 Å². The summed E-state index contributed by atoms with van der Waals surface area (Å²) < 4.78 is 41.2. The van der Waals surface area contributed by atoms with Crippen molar-refractivity contribution < 1.29 is 27.8 Å². The van der Waals surface area contributed by atoms with Crippen molar-refractivity contribution in [1.82, 2.24) is 20.2 Å². The first-order valence-electron chi connectivity index (χ1n) is 5.42. The third-order valence-corrected chi connectivity index (χ3v) is 2.18. The molecule has 0 bridgehead atoms. The van der Waals surface area contributed by atoms with Gasteiger partial charge in [0.25, 0.3) is 0 Å². The predicted octanol–water partition coefficient (Wildman–Crippen LogP) is 0.830. The van der Waals surface area contributed by atoms with Crippen LogP contribution >= 0.6 is 0 Å². The van der Waals surface area contributed by atoms with Gasteiger partial charge in [0.15, 0.2) is 5.82 Å². The van der Waals surface area contributed by atoms with Crippen LogP contribution in [0.4, 0.5) is 13.2 Å². The fourth-order valence-electron chi connectivity index (χ4n) is 1.41. The van der Waals surface area contributed by atoms with Crippen LogP contribution in [0.3, 0.4) is 0 Å². The van der Waals surface area contributed by atoms with Crippen LogP contribution in [0.15, 0.2) is 0 Å². The van der Waals surface area contributed by atoms with Crippen molar-refractivity contribution in [2.75, 3.05) is 13.2 Å². The lowest BCUT2D eigenvalue weighted by Crippen LogP contribution is -2.20. The maximum atomic E-state index is 11.8. The molecule has 0 radical (unpaired) electrons. The number of hydrogen-bond acceptors (Lipinski definition) is 5. The topological polar surface area (TPSA) is 90.1 Å². The molecule has 0 saturated carbocycles. The van der Waals surface area contributed by atoms with Gasteiger partial charge in [-0.25, -0.2) is 4.68 Å². The van der Waals surface area contributed by atoms with Gasteiger partial charge >= 0.3 is 12.1 Å². The molecule has 108 valence electrons. The Bertz CT molecular complexity index is 421. The summed E-state index contributed by atoms with van der Waals surface area (Å²) in [5, 5.41) is 19.3. The molecule has 0 fully saturated rings. The molecule has 19 heavy (non-hydrogen) atoms. The molecule has 1 N–H and O–H groups in total. The molecule has 1 atom stereocenters. The van der Waals surface area contributed by atoms with Gasteiger partial charge in [0.05, 0.1) is 19.1 Å².